The molecular formula is C23H29NO3SSi. The fraction of sp³-hybridized carbons (Fsp3) is 0.304. The molecule has 0 radical (unpaired) electrons. The summed E-state index contributed by atoms with van der Waals surface area (Å²) in [5, 5.41) is 0. The van der Waals surface area contributed by atoms with Gasteiger partial charge in [0.25, 0.3) is 0 Å². The Kier molecular flexibility index (Phi) is 7.47. The van der Waals surface area contributed by atoms with Gasteiger partial charge in [0, 0.05) is 0 Å². The molecule has 0 N–H and O–H groups in total. The van der Waals surface area contributed by atoms with Crippen LogP contribution in [-0.2, 0) is 10.0 Å². The molecule has 0 spiro atoms. The fourth-order valence-electron chi connectivity index (χ4n) is 2.78. The minimum Gasteiger partial charge on any atom is -0.497 e. The van der Waals surface area contributed by atoms with Crippen LogP contribution in [0.2, 0.25) is 19.6 Å². The summed E-state index contributed by atoms with van der Waals surface area (Å²) < 4.78 is 33.6. The van der Waals surface area contributed by atoms with E-state index in [4.69, 9.17) is 4.74 Å². The molecular weight excluding hydrogens is 398 g/mol. The molecule has 0 aliphatic carbocycles. The van der Waals surface area contributed by atoms with E-state index in [0.29, 0.717) is 5.75 Å². The second-order valence-corrected chi connectivity index (χ2v) is 14.5. The molecule has 2 aromatic carbocycles. The molecule has 0 aliphatic heterocycles. The number of sulfonamides is 1. The van der Waals surface area contributed by atoms with Crippen molar-refractivity contribution in [3.63, 3.8) is 0 Å². The summed E-state index contributed by atoms with van der Waals surface area (Å²) in [5.74, 6) is 3.82. The fourth-order valence-corrected chi connectivity index (χ4v) is 4.88. The summed E-state index contributed by atoms with van der Waals surface area (Å²) in [6, 6.07) is 13.7. The Morgan fingerprint density at radius 2 is 1.69 bits per heavy atom. The van der Waals surface area contributed by atoms with Crippen molar-refractivity contribution in [2.24, 2.45) is 0 Å². The molecule has 2 aromatic rings. The molecule has 0 amide bonds. The van der Waals surface area contributed by atoms with Gasteiger partial charge in [-0.25, -0.2) is 8.42 Å². The van der Waals surface area contributed by atoms with Gasteiger partial charge in [-0.15, -0.1) is 12.1 Å². The lowest BCUT2D eigenvalue weighted by Gasteiger charge is -2.28. The SMILES string of the molecule is C=C[C@@H](c1ccc(OC)cc1)N(CC#C[Si](C)(C)C)S(=O)(=O)c1ccc(C)cc1. The van der Waals surface area contributed by atoms with E-state index in [-0.39, 0.29) is 11.4 Å². The molecule has 4 nitrogen and oxygen atoms in total. The number of benzene rings is 2. The number of methoxy groups -OCH3 is 1. The van der Waals surface area contributed by atoms with Gasteiger partial charge in [-0.05, 0) is 36.8 Å². The van der Waals surface area contributed by atoms with Crippen LogP contribution >= 0.6 is 0 Å². The van der Waals surface area contributed by atoms with Gasteiger partial charge in [-0.3, -0.25) is 0 Å². The molecule has 0 saturated carbocycles. The third kappa shape index (κ3) is 6.07. The highest BCUT2D eigenvalue weighted by atomic mass is 32.2. The molecule has 6 heteroatoms. The van der Waals surface area contributed by atoms with Gasteiger partial charge in [-0.2, -0.15) is 4.31 Å². The topological polar surface area (TPSA) is 46.6 Å². The van der Waals surface area contributed by atoms with Crippen LogP contribution in [0.25, 0.3) is 0 Å². The average Bonchev–Trinajstić information content (AvgIpc) is 2.67. The first-order valence-corrected chi connectivity index (χ1v) is 14.4. The highest BCUT2D eigenvalue weighted by Gasteiger charge is 2.30. The highest BCUT2D eigenvalue weighted by Crippen LogP contribution is 2.29. The van der Waals surface area contributed by atoms with Crippen molar-refractivity contribution in [3.05, 3.63) is 72.3 Å². The minimum absolute atomic E-state index is 0.100. The summed E-state index contributed by atoms with van der Waals surface area (Å²) in [6.07, 6.45) is 1.64. The van der Waals surface area contributed by atoms with Crippen molar-refractivity contribution in [1.29, 1.82) is 0 Å². The normalized spacial score (nSPS) is 12.8. The number of hydrogen-bond acceptors (Lipinski definition) is 3. The zero-order valence-corrected chi connectivity index (χ0v) is 19.6. The predicted molar refractivity (Wildman–Crippen MR) is 122 cm³/mol. The Balaban J connectivity index is 2.53. The van der Waals surface area contributed by atoms with Gasteiger partial charge in [0.2, 0.25) is 10.0 Å². The van der Waals surface area contributed by atoms with E-state index >= 15 is 0 Å². The lowest BCUT2D eigenvalue weighted by molar-refractivity contribution is 0.399. The van der Waals surface area contributed by atoms with E-state index in [1.54, 1.807) is 37.5 Å². The van der Waals surface area contributed by atoms with Gasteiger partial charge >= 0.3 is 0 Å². The first kappa shape index (κ1) is 23.0. The number of ether oxygens (including phenoxy) is 1. The van der Waals surface area contributed by atoms with Crippen molar-refractivity contribution >= 4 is 18.1 Å². The van der Waals surface area contributed by atoms with Crippen molar-refractivity contribution in [2.75, 3.05) is 13.7 Å². The summed E-state index contributed by atoms with van der Waals surface area (Å²) >= 11 is 0. The van der Waals surface area contributed by atoms with Crippen molar-refractivity contribution in [3.8, 4) is 17.2 Å². The van der Waals surface area contributed by atoms with Crippen molar-refractivity contribution in [2.45, 2.75) is 37.5 Å². The number of nitrogens with zero attached hydrogens (tertiary/aromatic N) is 1. The Bertz CT molecular complexity index is 995. The predicted octanol–water partition coefficient (Wildman–Crippen LogP) is 4.80. The zero-order chi connectivity index (χ0) is 21.7. The molecule has 29 heavy (non-hydrogen) atoms. The lowest BCUT2D eigenvalue weighted by Crippen LogP contribution is -2.35. The van der Waals surface area contributed by atoms with Crippen LogP contribution in [0.3, 0.4) is 0 Å². The maximum absolute atomic E-state index is 13.5. The molecule has 1 atom stereocenters. The quantitative estimate of drug-likeness (QED) is 0.362. The van der Waals surface area contributed by atoms with Gasteiger partial charge in [-0.1, -0.05) is 61.5 Å². The second-order valence-electron chi connectivity index (χ2n) is 7.87. The highest BCUT2D eigenvalue weighted by molar-refractivity contribution is 7.89. The largest absolute Gasteiger partial charge is 0.497 e. The molecule has 0 aromatic heterocycles. The summed E-state index contributed by atoms with van der Waals surface area (Å²) in [4.78, 5) is 0.248. The zero-order valence-electron chi connectivity index (χ0n) is 17.8. The average molecular weight is 428 g/mol. The standard InChI is InChI=1S/C23H29NO3SSi/c1-7-23(20-11-13-21(27-3)14-12-20)24(17-8-18-29(4,5)6)28(25,26)22-15-9-19(2)10-16-22/h7,9-16,23H,1,17H2,2-6H3/t23-/m0/s1. The van der Waals surface area contributed by atoms with Crippen LogP contribution in [0.15, 0.2) is 66.1 Å². The maximum Gasteiger partial charge on any atom is 0.244 e. The third-order valence-electron chi connectivity index (χ3n) is 4.32. The molecule has 0 bridgehead atoms. The Morgan fingerprint density at radius 3 is 2.17 bits per heavy atom. The summed E-state index contributed by atoms with van der Waals surface area (Å²) in [6.45, 7) is 12.3. The molecule has 0 fully saturated rings. The van der Waals surface area contributed by atoms with Crippen LogP contribution in [0.1, 0.15) is 17.2 Å². The van der Waals surface area contributed by atoms with Crippen LogP contribution < -0.4 is 4.74 Å². The molecule has 0 saturated heterocycles. The van der Waals surface area contributed by atoms with E-state index < -0.39 is 24.1 Å². The van der Waals surface area contributed by atoms with E-state index in [1.807, 2.05) is 31.2 Å². The molecule has 0 aliphatic rings. The van der Waals surface area contributed by atoms with E-state index in [1.165, 1.54) is 4.31 Å². The molecule has 2 rings (SSSR count). The third-order valence-corrected chi connectivity index (χ3v) is 7.09. The van der Waals surface area contributed by atoms with Gasteiger partial charge in [0.15, 0.2) is 0 Å². The minimum atomic E-state index is -3.77. The Hall–Kier alpha value is -2.33. The first-order valence-electron chi connectivity index (χ1n) is 9.43. The van der Waals surface area contributed by atoms with Crippen LogP contribution in [0.4, 0.5) is 0 Å². The van der Waals surface area contributed by atoms with Crippen LogP contribution in [-0.4, -0.2) is 34.5 Å². The summed E-state index contributed by atoms with van der Waals surface area (Å²) in [7, 11) is -3.80. The Labute approximate surface area is 176 Å². The van der Waals surface area contributed by atoms with Gasteiger partial charge in [0.05, 0.1) is 24.6 Å². The second kappa shape index (κ2) is 9.44. The molecule has 154 valence electrons. The van der Waals surface area contributed by atoms with Crippen LogP contribution in [0, 0.1) is 18.4 Å². The number of aryl methyl sites for hydroxylation is 1. The van der Waals surface area contributed by atoms with E-state index in [2.05, 4.69) is 37.7 Å². The smallest absolute Gasteiger partial charge is 0.244 e. The Morgan fingerprint density at radius 1 is 1.10 bits per heavy atom. The van der Waals surface area contributed by atoms with E-state index in [9.17, 15) is 8.42 Å². The van der Waals surface area contributed by atoms with Gasteiger partial charge in [0.1, 0.15) is 13.8 Å². The lowest BCUT2D eigenvalue weighted by atomic mass is 10.1. The molecule has 0 unspecified atom stereocenters. The number of rotatable bonds is 7. The monoisotopic (exact) mass is 427 g/mol. The maximum atomic E-state index is 13.5. The number of hydrogen-bond donors (Lipinski definition) is 0. The first-order chi connectivity index (χ1) is 13.6. The van der Waals surface area contributed by atoms with Gasteiger partial charge < -0.3 is 4.74 Å². The summed E-state index contributed by atoms with van der Waals surface area (Å²) in [5.41, 5.74) is 5.08. The van der Waals surface area contributed by atoms with Crippen LogP contribution in [0.5, 0.6) is 5.75 Å². The van der Waals surface area contributed by atoms with E-state index in [0.717, 1.165) is 11.1 Å². The van der Waals surface area contributed by atoms with Crippen molar-refractivity contribution in [1.82, 2.24) is 4.31 Å². The van der Waals surface area contributed by atoms with Crippen molar-refractivity contribution < 1.29 is 13.2 Å². The molecule has 0 heterocycles.